The number of amides is 1. The van der Waals surface area contributed by atoms with Crippen molar-refractivity contribution >= 4 is 27.5 Å². The summed E-state index contributed by atoms with van der Waals surface area (Å²) in [4.78, 5) is 25.6. The fourth-order valence-electron chi connectivity index (χ4n) is 3.88. The number of nitrogens with zero attached hydrogens (tertiary/aromatic N) is 7. The van der Waals surface area contributed by atoms with Gasteiger partial charge >= 0.3 is 0 Å². The van der Waals surface area contributed by atoms with Crippen molar-refractivity contribution in [3.8, 4) is 11.6 Å². The maximum Gasteiger partial charge on any atom is 0.258 e. The number of piperidine rings is 1. The standard InChI is InChI=1S/C21H20BrN7O2/c1-14-6-7-15(31-20-19-24-12-18(22)27(19)11-10-23-20)13-28(14)21(30)16-4-2-3-5-17(16)29-25-8-9-26-29/h2-5,8-12,14-15H,6-7,13H2,1H3/t14-,15-/m1/s1. The fraction of sp³-hybridized carbons (Fsp3) is 0.286. The zero-order valence-electron chi connectivity index (χ0n) is 16.8. The highest BCUT2D eigenvalue weighted by Gasteiger charge is 2.32. The summed E-state index contributed by atoms with van der Waals surface area (Å²) in [5, 5.41) is 8.37. The summed E-state index contributed by atoms with van der Waals surface area (Å²) in [5.41, 5.74) is 1.85. The van der Waals surface area contributed by atoms with Gasteiger partial charge in [-0.25, -0.2) is 9.97 Å². The van der Waals surface area contributed by atoms with Crippen LogP contribution >= 0.6 is 15.9 Å². The molecule has 9 nitrogen and oxygen atoms in total. The molecule has 158 valence electrons. The quantitative estimate of drug-likeness (QED) is 0.444. The molecule has 4 aromatic rings. The average Bonchev–Trinajstić information content (AvgIpc) is 3.46. The van der Waals surface area contributed by atoms with Gasteiger partial charge in [-0.3, -0.25) is 9.20 Å². The molecule has 0 spiro atoms. The van der Waals surface area contributed by atoms with Crippen LogP contribution in [0.1, 0.15) is 30.1 Å². The van der Waals surface area contributed by atoms with Crippen molar-refractivity contribution in [2.45, 2.75) is 31.9 Å². The molecule has 0 radical (unpaired) electrons. The second-order valence-corrected chi connectivity index (χ2v) is 8.28. The maximum atomic E-state index is 13.5. The first-order chi connectivity index (χ1) is 15.1. The Bertz CT molecular complexity index is 1220. The van der Waals surface area contributed by atoms with Crippen LogP contribution < -0.4 is 4.74 Å². The summed E-state index contributed by atoms with van der Waals surface area (Å²) in [5.74, 6) is 0.393. The van der Waals surface area contributed by atoms with Crippen molar-refractivity contribution in [3.05, 3.63) is 65.4 Å². The minimum Gasteiger partial charge on any atom is -0.470 e. The number of aromatic nitrogens is 6. The van der Waals surface area contributed by atoms with Gasteiger partial charge in [0.15, 0.2) is 0 Å². The number of para-hydroxylation sites is 1. The predicted molar refractivity (Wildman–Crippen MR) is 116 cm³/mol. The number of rotatable bonds is 4. The van der Waals surface area contributed by atoms with E-state index in [0.29, 0.717) is 29.3 Å². The highest BCUT2D eigenvalue weighted by molar-refractivity contribution is 9.10. The van der Waals surface area contributed by atoms with E-state index < -0.39 is 0 Å². The highest BCUT2D eigenvalue weighted by Crippen LogP contribution is 2.27. The number of halogens is 1. The highest BCUT2D eigenvalue weighted by atomic mass is 79.9. The van der Waals surface area contributed by atoms with Crippen LogP contribution in [0.25, 0.3) is 11.3 Å². The molecule has 1 amide bonds. The first kappa shape index (κ1) is 19.7. The van der Waals surface area contributed by atoms with Gasteiger partial charge in [-0.05, 0) is 47.8 Å². The Hall–Kier alpha value is -3.27. The van der Waals surface area contributed by atoms with Gasteiger partial charge in [-0.2, -0.15) is 15.0 Å². The molecule has 1 aliphatic rings. The third-order valence-electron chi connectivity index (χ3n) is 5.50. The van der Waals surface area contributed by atoms with Crippen LogP contribution in [0, 0.1) is 0 Å². The van der Waals surface area contributed by atoms with Crippen molar-refractivity contribution in [2.24, 2.45) is 0 Å². The molecule has 0 aliphatic carbocycles. The molecule has 1 fully saturated rings. The topological polar surface area (TPSA) is 90.4 Å². The fourth-order valence-corrected chi connectivity index (χ4v) is 4.27. The molecule has 31 heavy (non-hydrogen) atoms. The molecular weight excluding hydrogens is 462 g/mol. The van der Waals surface area contributed by atoms with Gasteiger partial charge in [0.05, 0.1) is 36.4 Å². The van der Waals surface area contributed by atoms with Crippen LogP contribution in [0.2, 0.25) is 0 Å². The summed E-state index contributed by atoms with van der Waals surface area (Å²) < 4.78 is 8.90. The van der Waals surface area contributed by atoms with Gasteiger partial charge in [0, 0.05) is 18.4 Å². The van der Waals surface area contributed by atoms with Gasteiger partial charge in [-0.1, -0.05) is 12.1 Å². The van der Waals surface area contributed by atoms with E-state index in [-0.39, 0.29) is 18.1 Å². The SMILES string of the molecule is C[C@@H]1CC[C@@H](Oc2nccn3c(Br)cnc23)CN1C(=O)c1ccccc1-n1nccn1. The normalized spacial score (nSPS) is 19.0. The molecule has 0 unspecified atom stereocenters. The van der Waals surface area contributed by atoms with Gasteiger partial charge in [0.1, 0.15) is 10.7 Å². The Kier molecular flexibility index (Phi) is 5.14. The maximum absolute atomic E-state index is 13.5. The first-order valence-corrected chi connectivity index (χ1v) is 10.8. The van der Waals surface area contributed by atoms with Gasteiger partial charge < -0.3 is 9.64 Å². The Labute approximate surface area is 186 Å². The van der Waals surface area contributed by atoms with Crippen molar-refractivity contribution in [3.63, 3.8) is 0 Å². The molecule has 0 saturated carbocycles. The first-order valence-electron chi connectivity index (χ1n) is 10.0. The number of carbonyl (C=O) groups is 1. The summed E-state index contributed by atoms with van der Waals surface area (Å²) in [7, 11) is 0. The van der Waals surface area contributed by atoms with Crippen molar-refractivity contribution in [1.82, 2.24) is 34.3 Å². The number of imidazole rings is 1. The Morgan fingerprint density at radius 3 is 2.77 bits per heavy atom. The van der Waals surface area contributed by atoms with Crippen LogP contribution in [0.4, 0.5) is 0 Å². The van der Waals surface area contributed by atoms with E-state index in [1.54, 1.807) is 24.8 Å². The molecular formula is C21H20BrN7O2. The van der Waals surface area contributed by atoms with Crippen molar-refractivity contribution in [1.29, 1.82) is 0 Å². The third-order valence-corrected chi connectivity index (χ3v) is 6.08. The zero-order chi connectivity index (χ0) is 21.4. The molecule has 1 aliphatic heterocycles. The van der Waals surface area contributed by atoms with Crippen molar-refractivity contribution in [2.75, 3.05) is 6.54 Å². The predicted octanol–water partition coefficient (Wildman–Crippen LogP) is 3.14. The van der Waals surface area contributed by atoms with Crippen LogP contribution in [0.5, 0.6) is 5.88 Å². The Balaban J connectivity index is 1.40. The third kappa shape index (κ3) is 3.67. The van der Waals surface area contributed by atoms with E-state index >= 15 is 0 Å². The number of hydrogen-bond donors (Lipinski definition) is 0. The van der Waals surface area contributed by atoms with Gasteiger partial charge in [0.25, 0.3) is 11.8 Å². The lowest BCUT2D eigenvalue weighted by Gasteiger charge is -2.38. The van der Waals surface area contributed by atoms with E-state index in [4.69, 9.17) is 4.74 Å². The van der Waals surface area contributed by atoms with Crippen molar-refractivity contribution < 1.29 is 9.53 Å². The van der Waals surface area contributed by atoms with E-state index in [1.807, 2.05) is 39.8 Å². The van der Waals surface area contributed by atoms with E-state index in [1.165, 1.54) is 4.80 Å². The van der Waals surface area contributed by atoms with Crippen LogP contribution in [-0.2, 0) is 0 Å². The monoisotopic (exact) mass is 481 g/mol. The Morgan fingerprint density at radius 2 is 1.94 bits per heavy atom. The molecule has 1 aromatic carbocycles. The lowest BCUT2D eigenvalue weighted by atomic mass is 9.99. The number of benzene rings is 1. The average molecular weight is 482 g/mol. The molecule has 4 heterocycles. The van der Waals surface area contributed by atoms with Crippen LogP contribution in [0.15, 0.2) is 59.9 Å². The van der Waals surface area contributed by atoms with E-state index in [0.717, 1.165) is 17.4 Å². The summed E-state index contributed by atoms with van der Waals surface area (Å²) in [6, 6.07) is 7.47. The lowest BCUT2D eigenvalue weighted by Crippen LogP contribution is -2.49. The minimum atomic E-state index is -0.177. The minimum absolute atomic E-state index is 0.0663. The molecule has 2 atom stereocenters. The number of carbonyl (C=O) groups excluding carboxylic acids is 1. The van der Waals surface area contributed by atoms with Gasteiger partial charge in [-0.15, -0.1) is 0 Å². The molecule has 1 saturated heterocycles. The molecule has 10 heteroatoms. The summed E-state index contributed by atoms with van der Waals surface area (Å²) in [6.45, 7) is 2.53. The van der Waals surface area contributed by atoms with E-state index in [9.17, 15) is 4.79 Å². The molecule has 3 aromatic heterocycles. The van der Waals surface area contributed by atoms with Crippen LogP contribution in [0.3, 0.4) is 0 Å². The van der Waals surface area contributed by atoms with Gasteiger partial charge in [0.2, 0.25) is 5.65 Å². The smallest absolute Gasteiger partial charge is 0.258 e. The summed E-state index contributed by atoms with van der Waals surface area (Å²) >= 11 is 3.46. The number of fused-ring (bicyclic) bond motifs is 1. The number of ether oxygens (including phenoxy) is 1. The summed E-state index contributed by atoms with van der Waals surface area (Å²) in [6.07, 6.45) is 9.88. The molecule has 0 bridgehead atoms. The second kappa shape index (κ2) is 8.10. The van der Waals surface area contributed by atoms with Crippen LogP contribution in [-0.4, -0.2) is 58.9 Å². The molecule has 0 N–H and O–H groups in total. The van der Waals surface area contributed by atoms with E-state index in [2.05, 4.69) is 43.0 Å². The zero-order valence-corrected chi connectivity index (χ0v) is 18.4. The number of likely N-dealkylation sites (tertiary alicyclic amines) is 1. The second-order valence-electron chi connectivity index (χ2n) is 7.47. The lowest BCUT2D eigenvalue weighted by molar-refractivity contribution is 0.0375. The largest absolute Gasteiger partial charge is 0.470 e. The Morgan fingerprint density at radius 1 is 1.13 bits per heavy atom. The number of hydrogen-bond acceptors (Lipinski definition) is 6. The molecule has 5 rings (SSSR count).